The highest BCUT2D eigenvalue weighted by Gasteiger charge is 2.22. The molecular formula is C24H23NO6S. The first kappa shape index (κ1) is 23.0. The number of aryl methyl sites for hydroxylation is 1. The maximum atomic E-state index is 12.7. The number of anilines is 1. The van der Waals surface area contributed by atoms with Crippen molar-refractivity contribution < 1.29 is 27.5 Å². The van der Waals surface area contributed by atoms with Crippen molar-refractivity contribution in [2.75, 3.05) is 11.8 Å². The summed E-state index contributed by atoms with van der Waals surface area (Å²) < 4.78 is 38.2. The summed E-state index contributed by atoms with van der Waals surface area (Å²) in [7, 11) is -2.43. The van der Waals surface area contributed by atoms with Gasteiger partial charge in [0, 0.05) is 11.3 Å². The van der Waals surface area contributed by atoms with E-state index in [4.69, 9.17) is 9.47 Å². The third-order valence-corrected chi connectivity index (χ3v) is 6.09. The van der Waals surface area contributed by atoms with Gasteiger partial charge < -0.3 is 9.47 Å². The molecule has 0 fully saturated rings. The first-order valence-electron chi connectivity index (χ1n) is 9.78. The predicted octanol–water partition coefficient (Wildman–Crippen LogP) is 4.23. The van der Waals surface area contributed by atoms with Gasteiger partial charge in [-0.3, -0.25) is 9.52 Å². The number of Topliss-reactive ketones (excluding diaryl/α,β-unsaturated/α-hetero) is 1. The standard InChI is InChI=1S/C24H23NO6S/c1-16-7-9-18(10-8-16)23(26)17(2)31-24(27)19-5-4-6-22(15-19)32(28,29)25-20-11-13-21(30-3)14-12-20/h4-15,17,25H,1-3H3. The lowest BCUT2D eigenvalue weighted by atomic mass is 10.1. The van der Waals surface area contributed by atoms with Crippen LogP contribution in [0.1, 0.15) is 33.2 Å². The zero-order valence-corrected chi connectivity index (χ0v) is 18.7. The number of methoxy groups -OCH3 is 1. The Labute approximate surface area is 187 Å². The summed E-state index contributed by atoms with van der Waals surface area (Å²) >= 11 is 0. The summed E-state index contributed by atoms with van der Waals surface area (Å²) in [5.74, 6) is -0.547. The molecule has 32 heavy (non-hydrogen) atoms. The molecule has 0 bridgehead atoms. The van der Waals surface area contributed by atoms with Crippen LogP contribution in [0.3, 0.4) is 0 Å². The molecule has 1 atom stereocenters. The minimum atomic E-state index is -3.95. The molecule has 1 unspecified atom stereocenters. The Balaban J connectivity index is 1.73. The second-order valence-corrected chi connectivity index (χ2v) is 8.82. The minimum Gasteiger partial charge on any atom is -0.497 e. The van der Waals surface area contributed by atoms with Crippen LogP contribution < -0.4 is 9.46 Å². The van der Waals surface area contributed by atoms with Crippen molar-refractivity contribution in [1.82, 2.24) is 0 Å². The topological polar surface area (TPSA) is 98.8 Å². The number of nitrogens with one attached hydrogen (secondary N) is 1. The van der Waals surface area contributed by atoms with Crippen LogP contribution in [0.4, 0.5) is 5.69 Å². The fourth-order valence-electron chi connectivity index (χ4n) is 2.90. The Hall–Kier alpha value is -3.65. The molecule has 0 aliphatic carbocycles. The number of benzene rings is 3. The Morgan fingerprint density at radius 3 is 2.19 bits per heavy atom. The van der Waals surface area contributed by atoms with Gasteiger partial charge in [0.05, 0.1) is 17.6 Å². The molecule has 0 saturated carbocycles. The van der Waals surface area contributed by atoms with E-state index in [0.29, 0.717) is 17.0 Å². The van der Waals surface area contributed by atoms with Crippen LogP contribution in [0, 0.1) is 6.92 Å². The summed E-state index contributed by atoms with van der Waals surface area (Å²) in [6.07, 6.45) is -1.03. The van der Waals surface area contributed by atoms with E-state index in [1.807, 2.05) is 6.92 Å². The maximum absolute atomic E-state index is 12.7. The molecule has 7 nitrogen and oxygen atoms in total. The highest BCUT2D eigenvalue weighted by atomic mass is 32.2. The molecule has 8 heteroatoms. The zero-order valence-electron chi connectivity index (χ0n) is 17.9. The lowest BCUT2D eigenvalue weighted by Crippen LogP contribution is -2.24. The molecule has 1 N–H and O–H groups in total. The minimum absolute atomic E-state index is 0.0196. The number of hydrogen-bond acceptors (Lipinski definition) is 6. The van der Waals surface area contributed by atoms with Crippen molar-refractivity contribution in [2.24, 2.45) is 0 Å². The van der Waals surface area contributed by atoms with E-state index in [0.717, 1.165) is 5.56 Å². The number of sulfonamides is 1. The van der Waals surface area contributed by atoms with Crippen LogP contribution in [0.15, 0.2) is 77.7 Å². The quantitative estimate of drug-likeness (QED) is 0.405. The third-order valence-electron chi connectivity index (χ3n) is 4.71. The fraction of sp³-hybridized carbons (Fsp3) is 0.167. The van der Waals surface area contributed by atoms with Crippen LogP contribution in [0.5, 0.6) is 5.75 Å². The molecule has 166 valence electrons. The predicted molar refractivity (Wildman–Crippen MR) is 121 cm³/mol. The van der Waals surface area contributed by atoms with Crippen LogP contribution >= 0.6 is 0 Å². The van der Waals surface area contributed by atoms with E-state index in [9.17, 15) is 18.0 Å². The van der Waals surface area contributed by atoms with E-state index < -0.39 is 22.1 Å². The normalized spacial score (nSPS) is 12.0. The molecular weight excluding hydrogens is 430 g/mol. The van der Waals surface area contributed by atoms with Gasteiger partial charge in [-0.15, -0.1) is 0 Å². The van der Waals surface area contributed by atoms with E-state index in [2.05, 4.69) is 4.72 Å². The Bertz CT molecular complexity index is 1220. The molecule has 0 saturated heterocycles. The highest BCUT2D eigenvalue weighted by Crippen LogP contribution is 2.20. The van der Waals surface area contributed by atoms with Crippen molar-refractivity contribution in [1.29, 1.82) is 0 Å². The van der Waals surface area contributed by atoms with Crippen LogP contribution in [0.25, 0.3) is 0 Å². The van der Waals surface area contributed by atoms with Crippen molar-refractivity contribution in [3.8, 4) is 5.75 Å². The molecule has 0 radical (unpaired) electrons. The Morgan fingerprint density at radius 2 is 1.56 bits per heavy atom. The number of rotatable bonds is 8. The van der Waals surface area contributed by atoms with Gasteiger partial charge in [0.15, 0.2) is 6.10 Å². The molecule has 0 spiro atoms. The molecule has 0 amide bonds. The number of carbonyl (C=O) groups excluding carboxylic acids is 2. The molecule has 0 heterocycles. The zero-order chi connectivity index (χ0) is 23.3. The SMILES string of the molecule is COc1ccc(NS(=O)(=O)c2cccc(C(=O)OC(C)C(=O)c3ccc(C)cc3)c2)cc1. The average molecular weight is 454 g/mol. The van der Waals surface area contributed by atoms with Crippen molar-refractivity contribution >= 4 is 27.5 Å². The monoisotopic (exact) mass is 453 g/mol. The molecule has 3 rings (SSSR count). The van der Waals surface area contributed by atoms with Gasteiger partial charge in [-0.25, -0.2) is 13.2 Å². The van der Waals surface area contributed by atoms with Gasteiger partial charge >= 0.3 is 5.97 Å². The summed E-state index contributed by atoms with van der Waals surface area (Å²) in [5, 5.41) is 0. The number of esters is 1. The highest BCUT2D eigenvalue weighted by molar-refractivity contribution is 7.92. The lowest BCUT2D eigenvalue weighted by Gasteiger charge is -2.13. The first-order valence-corrected chi connectivity index (χ1v) is 11.3. The summed E-state index contributed by atoms with van der Waals surface area (Å²) in [5.41, 5.74) is 1.80. The van der Waals surface area contributed by atoms with Gasteiger partial charge in [0.2, 0.25) is 5.78 Å². The van der Waals surface area contributed by atoms with Crippen molar-refractivity contribution in [3.05, 3.63) is 89.5 Å². The van der Waals surface area contributed by atoms with E-state index in [1.54, 1.807) is 48.5 Å². The molecule has 0 aliphatic heterocycles. The smallest absolute Gasteiger partial charge is 0.338 e. The fourth-order valence-corrected chi connectivity index (χ4v) is 4.00. The number of ketones is 1. The van der Waals surface area contributed by atoms with E-state index >= 15 is 0 Å². The lowest BCUT2D eigenvalue weighted by molar-refractivity contribution is 0.0318. The van der Waals surface area contributed by atoms with Gasteiger partial charge in [0.1, 0.15) is 5.75 Å². The van der Waals surface area contributed by atoms with Crippen molar-refractivity contribution in [2.45, 2.75) is 24.8 Å². The Kier molecular flexibility index (Phi) is 6.95. The number of ether oxygens (including phenoxy) is 2. The summed E-state index contributed by atoms with van der Waals surface area (Å²) in [4.78, 5) is 24.9. The molecule has 0 aliphatic rings. The first-order chi connectivity index (χ1) is 15.2. The largest absolute Gasteiger partial charge is 0.497 e. The number of carbonyl (C=O) groups is 2. The van der Waals surface area contributed by atoms with Crippen LogP contribution in [0.2, 0.25) is 0 Å². The molecule has 3 aromatic carbocycles. The van der Waals surface area contributed by atoms with Crippen molar-refractivity contribution in [3.63, 3.8) is 0 Å². The Morgan fingerprint density at radius 1 is 0.906 bits per heavy atom. The number of hydrogen-bond donors (Lipinski definition) is 1. The summed E-state index contributed by atoms with van der Waals surface area (Å²) in [6, 6.07) is 18.7. The maximum Gasteiger partial charge on any atom is 0.338 e. The van der Waals surface area contributed by atoms with Gasteiger partial charge in [0.25, 0.3) is 10.0 Å². The van der Waals surface area contributed by atoms with E-state index in [1.165, 1.54) is 38.3 Å². The van der Waals surface area contributed by atoms with Gasteiger partial charge in [-0.05, 0) is 56.3 Å². The van der Waals surface area contributed by atoms with Crippen LogP contribution in [-0.2, 0) is 14.8 Å². The van der Waals surface area contributed by atoms with E-state index in [-0.39, 0.29) is 16.2 Å². The van der Waals surface area contributed by atoms with Gasteiger partial charge in [-0.1, -0.05) is 35.9 Å². The van der Waals surface area contributed by atoms with Crippen LogP contribution in [-0.4, -0.2) is 33.4 Å². The molecule has 3 aromatic rings. The summed E-state index contributed by atoms with van der Waals surface area (Å²) in [6.45, 7) is 3.38. The molecule has 0 aromatic heterocycles. The van der Waals surface area contributed by atoms with Gasteiger partial charge in [-0.2, -0.15) is 0 Å². The second-order valence-electron chi connectivity index (χ2n) is 7.14. The third kappa shape index (κ3) is 5.53. The average Bonchev–Trinajstić information content (AvgIpc) is 2.79. The second kappa shape index (κ2) is 9.65.